The molecular formula is C13H16N2S. The lowest BCUT2D eigenvalue weighted by Gasteiger charge is -2.07. The van der Waals surface area contributed by atoms with Crippen LogP contribution in [0.1, 0.15) is 18.4 Å². The molecule has 1 N–H and O–H groups in total. The summed E-state index contributed by atoms with van der Waals surface area (Å²) in [5.41, 5.74) is 1.32. The Bertz CT molecular complexity index is 384. The number of thioether (sulfide) groups is 1. The molecule has 1 atom stereocenters. The zero-order chi connectivity index (χ0) is 10.8. The van der Waals surface area contributed by atoms with Crippen molar-refractivity contribution in [3.05, 3.63) is 35.9 Å². The molecule has 0 spiro atoms. The van der Waals surface area contributed by atoms with Crippen LogP contribution in [0.2, 0.25) is 0 Å². The monoisotopic (exact) mass is 232 g/mol. The fourth-order valence-corrected chi connectivity index (χ4v) is 3.18. The molecule has 2 nitrogen and oxygen atoms in total. The molecule has 1 fully saturated rings. The van der Waals surface area contributed by atoms with Crippen LogP contribution in [0.15, 0.2) is 35.3 Å². The Labute approximate surface area is 101 Å². The first-order valence-electron chi connectivity index (χ1n) is 5.91. The zero-order valence-corrected chi connectivity index (χ0v) is 10.0. The van der Waals surface area contributed by atoms with Crippen LogP contribution in [-0.2, 0) is 6.54 Å². The molecule has 1 heterocycles. The van der Waals surface area contributed by atoms with Gasteiger partial charge in [0.25, 0.3) is 0 Å². The molecule has 1 aliphatic heterocycles. The summed E-state index contributed by atoms with van der Waals surface area (Å²) in [6.07, 6.45) is 2.83. The fraction of sp³-hybridized carbons (Fsp3) is 0.462. The van der Waals surface area contributed by atoms with E-state index >= 15 is 0 Å². The molecule has 3 rings (SSSR count). The van der Waals surface area contributed by atoms with Gasteiger partial charge in [-0.3, -0.25) is 4.99 Å². The summed E-state index contributed by atoms with van der Waals surface area (Å²) in [5.74, 6) is 0.949. The van der Waals surface area contributed by atoms with Crippen LogP contribution in [0.4, 0.5) is 0 Å². The number of rotatable bonds is 3. The minimum atomic E-state index is 0.762. The molecule has 0 radical (unpaired) electrons. The highest BCUT2D eigenvalue weighted by molar-refractivity contribution is 8.14. The first kappa shape index (κ1) is 10.2. The van der Waals surface area contributed by atoms with Crippen molar-refractivity contribution in [2.24, 2.45) is 10.9 Å². The van der Waals surface area contributed by atoms with Gasteiger partial charge in [-0.15, -0.1) is 0 Å². The normalized spacial score (nSPS) is 24.2. The highest BCUT2D eigenvalue weighted by Gasteiger charge is 2.35. The number of aliphatic imine (C=N–C) groups is 1. The summed E-state index contributed by atoms with van der Waals surface area (Å²) in [7, 11) is 0. The van der Waals surface area contributed by atoms with Crippen molar-refractivity contribution >= 4 is 16.9 Å². The maximum atomic E-state index is 4.56. The van der Waals surface area contributed by atoms with Crippen LogP contribution < -0.4 is 5.32 Å². The van der Waals surface area contributed by atoms with E-state index in [0.29, 0.717) is 0 Å². The van der Waals surface area contributed by atoms with Gasteiger partial charge in [0, 0.05) is 11.8 Å². The minimum Gasteiger partial charge on any atom is -0.361 e. The number of benzene rings is 1. The topological polar surface area (TPSA) is 24.4 Å². The quantitative estimate of drug-likeness (QED) is 0.866. The van der Waals surface area contributed by atoms with E-state index in [9.17, 15) is 0 Å². The van der Waals surface area contributed by atoms with Crippen LogP contribution in [0.3, 0.4) is 0 Å². The van der Waals surface area contributed by atoms with Crippen LogP contribution in [-0.4, -0.2) is 17.0 Å². The standard InChI is InChI=1S/C13H16N2S/c1-2-4-10(5-3-1)8-14-13-15-9-12(16-13)11-6-7-11/h1-5,11-12H,6-9H2,(H,14,15). The van der Waals surface area contributed by atoms with Gasteiger partial charge in [-0.1, -0.05) is 42.1 Å². The summed E-state index contributed by atoms with van der Waals surface area (Å²) < 4.78 is 0. The third-order valence-electron chi connectivity index (χ3n) is 3.11. The molecule has 1 saturated carbocycles. The van der Waals surface area contributed by atoms with E-state index in [-0.39, 0.29) is 0 Å². The van der Waals surface area contributed by atoms with Gasteiger partial charge in [0.2, 0.25) is 0 Å². The van der Waals surface area contributed by atoms with Crippen molar-refractivity contribution in [2.75, 3.05) is 6.54 Å². The molecule has 0 bridgehead atoms. The maximum Gasteiger partial charge on any atom is 0.157 e. The van der Waals surface area contributed by atoms with Crippen molar-refractivity contribution < 1.29 is 0 Å². The van der Waals surface area contributed by atoms with Crippen LogP contribution in [0.5, 0.6) is 0 Å². The lowest BCUT2D eigenvalue weighted by atomic mass is 10.2. The second-order valence-corrected chi connectivity index (χ2v) is 5.71. The van der Waals surface area contributed by atoms with Gasteiger partial charge in [-0.25, -0.2) is 0 Å². The van der Waals surface area contributed by atoms with Crippen molar-refractivity contribution in [3.8, 4) is 0 Å². The van der Waals surface area contributed by atoms with E-state index in [4.69, 9.17) is 0 Å². The van der Waals surface area contributed by atoms with E-state index in [1.807, 2.05) is 11.8 Å². The lowest BCUT2D eigenvalue weighted by molar-refractivity contribution is 0.772. The smallest absolute Gasteiger partial charge is 0.157 e. The van der Waals surface area contributed by atoms with Gasteiger partial charge in [0.15, 0.2) is 5.17 Å². The Morgan fingerprint density at radius 3 is 2.81 bits per heavy atom. The van der Waals surface area contributed by atoms with Crippen molar-refractivity contribution in [2.45, 2.75) is 24.6 Å². The number of hydrogen-bond donors (Lipinski definition) is 1. The van der Waals surface area contributed by atoms with Crippen LogP contribution in [0.25, 0.3) is 0 Å². The Morgan fingerprint density at radius 1 is 1.25 bits per heavy atom. The molecular weight excluding hydrogens is 216 g/mol. The zero-order valence-electron chi connectivity index (χ0n) is 9.23. The summed E-state index contributed by atoms with van der Waals surface area (Å²) in [6, 6.07) is 10.5. The first-order valence-corrected chi connectivity index (χ1v) is 6.79. The second-order valence-electron chi connectivity index (χ2n) is 4.48. The largest absolute Gasteiger partial charge is 0.361 e. The Balaban J connectivity index is 1.49. The summed E-state index contributed by atoms with van der Waals surface area (Å²) in [5, 5.41) is 5.33. The maximum absolute atomic E-state index is 4.56. The molecule has 84 valence electrons. The van der Waals surface area contributed by atoms with Gasteiger partial charge in [-0.05, 0) is 24.3 Å². The molecule has 1 aromatic carbocycles. The molecule has 1 aliphatic carbocycles. The molecule has 1 aromatic rings. The average molecular weight is 232 g/mol. The predicted octanol–water partition coefficient (Wildman–Crippen LogP) is 2.66. The van der Waals surface area contributed by atoms with Gasteiger partial charge < -0.3 is 5.32 Å². The van der Waals surface area contributed by atoms with Crippen LogP contribution >= 0.6 is 11.8 Å². The van der Waals surface area contributed by atoms with Crippen molar-refractivity contribution in [1.29, 1.82) is 0 Å². The summed E-state index contributed by atoms with van der Waals surface area (Å²) in [6.45, 7) is 1.91. The molecule has 2 aliphatic rings. The average Bonchev–Trinajstić information content (AvgIpc) is 3.08. The molecule has 3 heteroatoms. The molecule has 16 heavy (non-hydrogen) atoms. The van der Waals surface area contributed by atoms with E-state index in [0.717, 1.165) is 29.4 Å². The predicted molar refractivity (Wildman–Crippen MR) is 69.7 cm³/mol. The van der Waals surface area contributed by atoms with Gasteiger partial charge in [0.05, 0.1) is 6.54 Å². The Hall–Kier alpha value is -0.960. The van der Waals surface area contributed by atoms with Gasteiger partial charge in [0.1, 0.15) is 0 Å². The molecule has 0 saturated heterocycles. The lowest BCUT2D eigenvalue weighted by Crippen LogP contribution is -2.19. The second kappa shape index (κ2) is 4.50. The minimum absolute atomic E-state index is 0.762. The Morgan fingerprint density at radius 2 is 2.06 bits per heavy atom. The molecule has 0 amide bonds. The highest BCUT2D eigenvalue weighted by Crippen LogP contribution is 2.41. The summed E-state index contributed by atoms with van der Waals surface area (Å²) >= 11 is 1.94. The Kier molecular flexibility index (Phi) is 2.87. The third kappa shape index (κ3) is 2.40. The van der Waals surface area contributed by atoms with E-state index in [2.05, 4.69) is 40.6 Å². The number of nitrogens with zero attached hydrogens (tertiary/aromatic N) is 1. The fourth-order valence-electron chi connectivity index (χ4n) is 1.98. The third-order valence-corrected chi connectivity index (χ3v) is 4.45. The van der Waals surface area contributed by atoms with Crippen molar-refractivity contribution in [1.82, 2.24) is 5.32 Å². The first-order chi connectivity index (χ1) is 7.92. The SMILES string of the molecule is c1ccc(CNC2=NCC(C3CC3)S2)cc1. The number of amidine groups is 1. The number of hydrogen-bond acceptors (Lipinski definition) is 3. The van der Waals surface area contributed by atoms with E-state index in [1.54, 1.807) is 0 Å². The number of nitrogens with one attached hydrogen (secondary N) is 1. The van der Waals surface area contributed by atoms with Crippen molar-refractivity contribution in [3.63, 3.8) is 0 Å². The highest BCUT2D eigenvalue weighted by atomic mass is 32.2. The molecule has 1 unspecified atom stereocenters. The summed E-state index contributed by atoms with van der Waals surface area (Å²) in [4.78, 5) is 4.56. The van der Waals surface area contributed by atoms with E-state index in [1.165, 1.54) is 18.4 Å². The molecule has 0 aromatic heterocycles. The van der Waals surface area contributed by atoms with Gasteiger partial charge in [-0.2, -0.15) is 0 Å². The van der Waals surface area contributed by atoms with Gasteiger partial charge >= 0.3 is 0 Å². The van der Waals surface area contributed by atoms with E-state index < -0.39 is 0 Å². The van der Waals surface area contributed by atoms with Crippen LogP contribution in [0, 0.1) is 5.92 Å².